The molecule has 0 aliphatic heterocycles. The Morgan fingerprint density at radius 2 is 1.71 bits per heavy atom. The molecule has 0 aliphatic carbocycles. The highest BCUT2D eigenvalue weighted by Crippen LogP contribution is 2.05. The van der Waals surface area contributed by atoms with Crippen molar-refractivity contribution in [2.45, 2.75) is 38.8 Å². The van der Waals surface area contributed by atoms with Crippen LogP contribution in [0.4, 0.5) is 0 Å². The van der Waals surface area contributed by atoms with Crippen LogP contribution < -0.4 is 11.1 Å². The van der Waals surface area contributed by atoms with Gasteiger partial charge in [-0.05, 0) is 12.3 Å². The number of carbonyl (C=O) groups is 3. The van der Waals surface area contributed by atoms with E-state index in [4.69, 9.17) is 15.9 Å². The quantitative estimate of drug-likeness (QED) is 0.474. The Bertz CT molecular complexity index is 303. The smallest absolute Gasteiger partial charge is 0.326 e. The van der Waals surface area contributed by atoms with Crippen molar-refractivity contribution in [1.29, 1.82) is 0 Å². The monoisotopic (exact) mass is 246 g/mol. The predicted molar refractivity (Wildman–Crippen MR) is 59.2 cm³/mol. The first kappa shape index (κ1) is 15.4. The normalized spacial score (nSPS) is 14.1. The fraction of sp³-hybridized carbons (Fsp3) is 0.700. The van der Waals surface area contributed by atoms with E-state index >= 15 is 0 Å². The molecule has 0 aliphatic rings. The van der Waals surface area contributed by atoms with Crippen LogP contribution >= 0.6 is 0 Å². The minimum atomic E-state index is -1.32. The van der Waals surface area contributed by atoms with E-state index in [0.717, 1.165) is 0 Å². The summed E-state index contributed by atoms with van der Waals surface area (Å²) in [6.45, 7) is 3.65. The van der Waals surface area contributed by atoms with Gasteiger partial charge in [0.25, 0.3) is 0 Å². The molecular weight excluding hydrogens is 228 g/mol. The Labute approximate surface area is 99.0 Å². The number of carboxylic acid groups (broad SMARTS) is 2. The van der Waals surface area contributed by atoms with Gasteiger partial charge in [0.15, 0.2) is 0 Å². The van der Waals surface area contributed by atoms with Crippen molar-refractivity contribution in [3.63, 3.8) is 0 Å². The van der Waals surface area contributed by atoms with Crippen LogP contribution in [0.25, 0.3) is 0 Å². The molecule has 0 saturated carbocycles. The first-order valence-corrected chi connectivity index (χ1v) is 5.24. The summed E-state index contributed by atoms with van der Waals surface area (Å²) in [4.78, 5) is 32.6. The molecule has 17 heavy (non-hydrogen) atoms. The van der Waals surface area contributed by atoms with Gasteiger partial charge in [0.05, 0.1) is 6.42 Å². The van der Waals surface area contributed by atoms with Crippen LogP contribution in [0.3, 0.4) is 0 Å². The third-order valence-corrected chi connectivity index (χ3v) is 2.06. The molecule has 0 aromatic rings. The van der Waals surface area contributed by atoms with E-state index in [1.54, 1.807) is 0 Å². The highest BCUT2D eigenvalue weighted by atomic mass is 16.4. The van der Waals surface area contributed by atoms with Crippen LogP contribution in [0.15, 0.2) is 0 Å². The summed E-state index contributed by atoms with van der Waals surface area (Å²) in [5.74, 6) is -3.01. The highest BCUT2D eigenvalue weighted by molar-refractivity contribution is 5.87. The minimum absolute atomic E-state index is 0.101. The van der Waals surface area contributed by atoms with Crippen LogP contribution in [0.1, 0.15) is 26.7 Å². The number of carboxylic acids is 2. The van der Waals surface area contributed by atoms with Crippen molar-refractivity contribution in [2.75, 3.05) is 0 Å². The van der Waals surface area contributed by atoms with Gasteiger partial charge in [0, 0.05) is 0 Å². The Morgan fingerprint density at radius 3 is 2.06 bits per heavy atom. The SMILES string of the molecule is CC(C)CC(NC(=O)CC(N)C(=O)O)C(=O)O. The molecule has 0 bridgehead atoms. The molecule has 98 valence electrons. The lowest BCUT2D eigenvalue weighted by atomic mass is 10.0. The third kappa shape index (κ3) is 6.52. The number of nitrogens with two attached hydrogens (primary N) is 1. The van der Waals surface area contributed by atoms with Gasteiger partial charge in [-0.25, -0.2) is 4.79 Å². The maximum absolute atomic E-state index is 11.3. The van der Waals surface area contributed by atoms with Gasteiger partial charge in [0.1, 0.15) is 12.1 Å². The predicted octanol–water partition coefficient (Wildman–Crippen LogP) is -0.596. The largest absolute Gasteiger partial charge is 0.480 e. The molecule has 2 unspecified atom stereocenters. The van der Waals surface area contributed by atoms with Crippen molar-refractivity contribution >= 4 is 17.8 Å². The number of amides is 1. The molecule has 0 aromatic heterocycles. The Hall–Kier alpha value is -1.63. The molecular formula is C10H18N2O5. The molecule has 0 radical (unpaired) electrons. The van der Waals surface area contributed by atoms with E-state index in [9.17, 15) is 14.4 Å². The van der Waals surface area contributed by atoms with Crippen molar-refractivity contribution in [1.82, 2.24) is 5.32 Å². The van der Waals surface area contributed by atoms with Gasteiger partial charge in [-0.2, -0.15) is 0 Å². The molecule has 0 aromatic carbocycles. The molecule has 0 saturated heterocycles. The van der Waals surface area contributed by atoms with E-state index < -0.39 is 36.4 Å². The Morgan fingerprint density at radius 1 is 1.18 bits per heavy atom. The van der Waals surface area contributed by atoms with Crippen molar-refractivity contribution in [3.05, 3.63) is 0 Å². The van der Waals surface area contributed by atoms with E-state index in [-0.39, 0.29) is 12.3 Å². The summed E-state index contributed by atoms with van der Waals surface area (Å²) in [5.41, 5.74) is 5.16. The second kappa shape index (κ2) is 6.85. The molecule has 0 spiro atoms. The number of nitrogens with one attached hydrogen (secondary N) is 1. The van der Waals surface area contributed by atoms with Crippen molar-refractivity contribution < 1.29 is 24.6 Å². The first-order valence-electron chi connectivity index (χ1n) is 5.24. The van der Waals surface area contributed by atoms with Crippen LogP contribution in [-0.2, 0) is 14.4 Å². The standard InChI is InChI=1S/C10H18N2O5/c1-5(2)3-7(10(16)17)12-8(13)4-6(11)9(14)15/h5-7H,3-4,11H2,1-2H3,(H,12,13)(H,14,15)(H,16,17). The maximum atomic E-state index is 11.3. The zero-order chi connectivity index (χ0) is 13.6. The summed E-state index contributed by atoms with van der Waals surface area (Å²) in [7, 11) is 0. The average molecular weight is 246 g/mol. The fourth-order valence-electron chi connectivity index (χ4n) is 1.23. The molecule has 0 rings (SSSR count). The highest BCUT2D eigenvalue weighted by Gasteiger charge is 2.23. The second-order valence-electron chi connectivity index (χ2n) is 4.24. The molecule has 7 nitrogen and oxygen atoms in total. The van der Waals surface area contributed by atoms with Gasteiger partial charge in [-0.15, -0.1) is 0 Å². The number of rotatable bonds is 7. The van der Waals surface area contributed by atoms with Gasteiger partial charge in [0.2, 0.25) is 5.91 Å². The molecule has 0 fully saturated rings. The van der Waals surface area contributed by atoms with Crippen molar-refractivity contribution in [2.24, 2.45) is 11.7 Å². The number of aliphatic carboxylic acids is 2. The number of carbonyl (C=O) groups excluding carboxylic acids is 1. The lowest BCUT2D eigenvalue weighted by Crippen LogP contribution is -2.44. The summed E-state index contributed by atoms with van der Waals surface area (Å²) in [5, 5.41) is 19.6. The zero-order valence-corrected chi connectivity index (χ0v) is 9.84. The second-order valence-corrected chi connectivity index (χ2v) is 4.24. The molecule has 5 N–H and O–H groups in total. The van der Waals surface area contributed by atoms with E-state index in [1.165, 1.54) is 0 Å². The molecule has 1 amide bonds. The van der Waals surface area contributed by atoms with Crippen LogP contribution in [0, 0.1) is 5.92 Å². The van der Waals surface area contributed by atoms with E-state index in [0.29, 0.717) is 0 Å². The number of hydrogen-bond acceptors (Lipinski definition) is 4. The van der Waals surface area contributed by atoms with Crippen LogP contribution in [0.2, 0.25) is 0 Å². The fourth-order valence-corrected chi connectivity index (χ4v) is 1.23. The lowest BCUT2D eigenvalue weighted by molar-refractivity contribution is -0.143. The van der Waals surface area contributed by atoms with Gasteiger partial charge < -0.3 is 21.3 Å². The van der Waals surface area contributed by atoms with Crippen LogP contribution in [0.5, 0.6) is 0 Å². The van der Waals surface area contributed by atoms with Gasteiger partial charge in [-0.1, -0.05) is 13.8 Å². The third-order valence-electron chi connectivity index (χ3n) is 2.06. The summed E-state index contributed by atoms with van der Waals surface area (Å²) in [6, 6.07) is -2.33. The summed E-state index contributed by atoms with van der Waals surface area (Å²) >= 11 is 0. The number of hydrogen-bond donors (Lipinski definition) is 4. The zero-order valence-electron chi connectivity index (χ0n) is 9.84. The molecule has 2 atom stereocenters. The van der Waals surface area contributed by atoms with E-state index in [2.05, 4.69) is 5.32 Å². The molecule has 7 heteroatoms. The minimum Gasteiger partial charge on any atom is -0.480 e. The Balaban J connectivity index is 4.31. The molecule has 0 heterocycles. The topological polar surface area (TPSA) is 130 Å². The van der Waals surface area contributed by atoms with Crippen LogP contribution in [-0.4, -0.2) is 40.1 Å². The summed E-state index contributed by atoms with van der Waals surface area (Å²) < 4.78 is 0. The lowest BCUT2D eigenvalue weighted by Gasteiger charge is -2.17. The maximum Gasteiger partial charge on any atom is 0.326 e. The summed E-state index contributed by atoms with van der Waals surface area (Å²) in [6.07, 6.45) is -0.152. The van der Waals surface area contributed by atoms with E-state index in [1.807, 2.05) is 13.8 Å². The van der Waals surface area contributed by atoms with Gasteiger partial charge in [-0.3, -0.25) is 9.59 Å². The average Bonchev–Trinajstić information content (AvgIpc) is 2.15. The van der Waals surface area contributed by atoms with Gasteiger partial charge >= 0.3 is 11.9 Å². The van der Waals surface area contributed by atoms with Crippen molar-refractivity contribution in [3.8, 4) is 0 Å². The first-order chi connectivity index (χ1) is 7.73. The Kier molecular flexibility index (Phi) is 6.19.